The van der Waals surface area contributed by atoms with E-state index in [2.05, 4.69) is 10.1 Å². The van der Waals surface area contributed by atoms with E-state index in [9.17, 15) is 10.1 Å². The van der Waals surface area contributed by atoms with Crippen LogP contribution in [0.3, 0.4) is 0 Å². The quantitative estimate of drug-likeness (QED) is 0.370. The molecule has 1 heterocycles. The van der Waals surface area contributed by atoms with Gasteiger partial charge in [-0.2, -0.15) is 4.98 Å². The van der Waals surface area contributed by atoms with Crippen molar-refractivity contribution in [3.8, 4) is 11.5 Å². The lowest BCUT2D eigenvalue weighted by molar-refractivity contribution is -0.383. The highest BCUT2D eigenvalue weighted by atomic mass is 16.6. The van der Waals surface area contributed by atoms with Crippen LogP contribution in [0.5, 0.6) is 0 Å². The molecule has 2 rings (SSSR count). The Morgan fingerprint density at radius 2 is 2.30 bits per heavy atom. The van der Waals surface area contributed by atoms with Crippen LogP contribution in [0.25, 0.3) is 11.5 Å². The fourth-order valence-electron chi connectivity index (χ4n) is 1.68. The van der Waals surface area contributed by atoms with E-state index >= 15 is 0 Å². The summed E-state index contributed by atoms with van der Waals surface area (Å²) >= 11 is 0. The van der Waals surface area contributed by atoms with Crippen molar-refractivity contribution in [2.75, 3.05) is 19.5 Å². The molecule has 2 aromatic rings. The van der Waals surface area contributed by atoms with Gasteiger partial charge >= 0.3 is 0 Å². The molecule has 0 saturated carbocycles. The summed E-state index contributed by atoms with van der Waals surface area (Å²) in [5.41, 5.74) is 5.92. The Balaban J connectivity index is 2.19. The molecule has 0 aliphatic rings. The van der Waals surface area contributed by atoms with Crippen molar-refractivity contribution in [1.29, 1.82) is 0 Å². The van der Waals surface area contributed by atoms with Crippen LogP contribution in [0.4, 0.5) is 11.4 Å². The Morgan fingerprint density at radius 1 is 1.50 bits per heavy atom. The number of methoxy groups -OCH3 is 1. The lowest BCUT2D eigenvalue weighted by Crippen LogP contribution is -1.96. The summed E-state index contributed by atoms with van der Waals surface area (Å²) in [4.78, 5) is 14.5. The number of nitrogens with two attached hydrogens (primary N) is 1. The molecule has 1 aromatic heterocycles. The van der Waals surface area contributed by atoms with Gasteiger partial charge in [0.1, 0.15) is 5.69 Å². The summed E-state index contributed by atoms with van der Waals surface area (Å²) in [6.07, 6.45) is 1.39. The second-order valence-electron chi connectivity index (χ2n) is 4.14. The lowest BCUT2D eigenvalue weighted by Gasteiger charge is -1.98. The molecule has 8 nitrogen and oxygen atoms in total. The van der Waals surface area contributed by atoms with E-state index < -0.39 is 4.92 Å². The normalized spacial score (nSPS) is 10.7. The molecule has 0 saturated heterocycles. The average Bonchev–Trinajstić information content (AvgIpc) is 2.88. The number of hydrogen-bond donors (Lipinski definition) is 1. The smallest absolute Gasteiger partial charge is 0.292 e. The predicted octanol–water partition coefficient (Wildman–Crippen LogP) is 1.81. The molecule has 0 spiro atoms. The largest absolute Gasteiger partial charge is 0.393 e. The standard InChI is InChI=1S/C12H14N4O4/c1-19-6-2-3-11-14-12(20-15-11)8-4-5-9(13)10(7-8)16(17)18/h4-5,7H,2-3,6,13H2,1H3. The summed E-state index contributed by atoms with van der Waals surface area (Å²) in [5, 5.41) is 14.6. The minimum Gasteiger partial charge on any atom is -0.393 e. The molecule has 0 fully saturated rings. The Bertz CT molecular complexity index is 611. The van der Waals surface area contributed by atoms with Gasteiger partial charge in [0.2, 0.25) is 0 Å². The van der Waals surface area contributed by atoms with E-state index in [4.69, 9.17) is 15.0 Å². The summed E-state index contributed by atoms with van der Waals surface area (Å²) in [6, 6.07) is 4.37. The molecule has 0 bridgehead atoms. The maximum absolute atomic E-state index is 10.8. The maximum Gasteiger partial charge on any atom is 0.292 e. The van der Waals surface area contributed by atoms with Crippen LogP contribution in [0.15, 0.2) is 22.7 Å². The minimum absolute atomic E-state index is 0.0959. The predicted molar refractivity (Wildman–Crippen MR) is 71.0 cm³/mol. The highest BCUT2D eigenvalue weighted by molar-refractivity contribution is 5.67. The van der Waals surface area contributed by atoms with Crippen molar-refractivity contribution < 1.29 is 14.2 Å². The van der Waals surface area contributed by atoms with E-state index in [1.807, 2.05) is 0 Å². The van der Waals surface area contributed by atoms with E-state index in [1.165, 1.54) is 12.1 Å². The lowest BCUT2D eigenvalue weighted by atomic mass is 10.2. The van der Waals surface area contributed by atoms with Crippen molar-refractivity contribution in [3.05, 3.63) is 34.1 Å². The van der Waals surface area contributed by atoms with Gasteiger partial charge < -0.3 is 15.0 Å². The Labute approximate surface area is 114 Å². The third-order valence-electron chi connectivity index (χ3n) is 2.69. The maximum atomic E-state index is 10.8. The van der Waals surface area contributed by atoms with E-state index in [1.54, 1.807) is 13.2 Å². The minimum atomic E-state index is -0.547. The molecule has 0 atom stereocenters. The van der Waals surface area contributed by atoms with Gasteiger partial charge in [0.25, 0.3) is 11.6 Å². The van der Waals surface area contributed by atoms with E-state index in [0.717, 1.165) is 6.42 Å². The van der Waals surface area contributed by atoms with Gasteiger partial charge in [0.05, 0.1) is 4.92 Å². The second kappa shape index (κ2) is 6.11. The summed E-state index contributed by atoms with van der Waals surface area (Å²) < 4.78 is 10.0. The van der Waals surface area contributed by atoms with Crippen LogP contribution in [0, 0.1) is 10.1 Å². The number of nitro groups is 1. The van der Waals surface area contributed by atoms with Crippen LogP contribution in [0.2, 0.25) is 0 Å². The number of hydrogen-bond acceptors (Lipinski definition) is 7. The Kier molecular flexibility index (Phi) is 4.26. The number of aryl methyl sites for hydroxylation is 1. The fourth-order valence-corrected chi connectivity index (χ4v) is 1.68. The number of anilines is 1. The molecule has 0 unspecified atom stereocenters. The van der Waals surface area contributed by atoms with Crippen LogP contribution in [-0.2, 0) is 11.2 Å². The number of nitro benzene ring substituents is 1. The molecule has 8 heteroatoms. The van der Waals surface area contributed by atoms with Gasteiger partial charge in [0.15, 0.2) is 5.82 Å². The van der Waals surface area contributed by atoms with Gasteiger partial charge in [0, 0.05) is 31.8 Å². The number of nitrogens with zero attached hydrogens (tertiary/aromatic N) is 3. The first-order valence-electron chi connectivity index (χ1n) is 5.97. The summed E-state index contributed by atoms with van der Waals surface area (Å²) in [5.74, 6) is 0.775. The van der Waals surface area contributed by atoms with Crippen LogP contribution < -0.4 is 5.73 Å². The first-order valence-corrected chi connectivity index (χ1v) is 5.97. The molecule has 0 aliphatic heterocycles. The molecular weight excluding hydrogens is 264 g/mol. The second-order valence-corrected chi connectivity index (χ2v) is 4.14. The first kappa shape index (κ1) is 13.9. The van der Waals surface area contributed by atoms with Crippen molar-refractivity contribution in [2.45, 2.75) is 12.8 Å². The third kappa shape index (κ3) is 3.09. The van der Waals surface area contributed by atoms with Crippen LogP contribution >= 0.6 is 0 Å². The number of benzene rings is 1. The van der Waals surface area contributed by atoms with Gasteiger partial charge in [-0.05, 0) is 18.6 Å². The number of aromatic nitrogens is 2. The van der Waals surface area contributed by atoms with Crippen molar-refractivity contribution in [2.24, 2.45) is 0 Å². The summed E-state index contributed by atoms with van der Waals surface area (Å²) in [6.45, 7) is 0.608. The van der Waals surface area contributed by atoms with Gasteiger partial charge in [-0.3, -0.25) is 10.1 Å². The molecule has 0 aliphatic carbocycles. The van der Waals surface area contributed by atoms with Crippen molar-refractivity contribution in [1.82, 2.24) is 10.1 Å². The molecule has 106 valence electrons. The Morgan fingerprint density at radius 3 is 3.00 bits per heavy atom. The topological polar surface area (TPSA) is 117 Å². The average molecular weight is 278 g/mol. The third-order valence-corrected chi connectivity index (χ3v) is 2.69. The number of ether oxygens (including phenoxy) is 1. The fraction of sp³-hybridized carbons (Fsp3) is 0.333. The monoisotopic (exact) mass is 278 g/mol. The highest BCUT2D eigenvalue weighted by Gasteiger charge is 2.16. The molecule has 1 aromatic carbocycles. The molecule has 0 amide bonds. The first-order chi connectivity index (χ1) is 9.61. The summed E-state index contributed by atoms with van der Waals surface area (Å²) in [7, 11) is 1.62. The van der Waals surface area contributed by atoms with E-state index in [-0.39, 0.29) is 17.3 Å². The Hall–Kier alpha value is -2.48. The number of nitrogen functional groups attached to an aromatic ring is 1. The highest BCUT2D eigenvalue weighted by Crippen LogP contribution is 2.27. The van der Waals surface area contributed by atoms with Gasteiger partial charge in [-0.25, -0.2) is 0 Å². The van der Waals surface area contributed by atoms with Crippen LogP contribution in [0.1, 0.15) is 12.2 Å². The molecule has 2 N–H and O–H groups in total. The molecular formula is C12H14N4O4. The SMILES string of the molecule is COCCCc1noc(-c2ccc(N)c([N+](=O)[O-])c2)n1. The van der Waals surface area contributed by atoms with Gasteiger partial charge in [-0.15, -0.1) is 0 Å². The number of rotatable bonds is 6. The van der Waals surface area contributed by atoms with E-state index in [0.29, 0.717) is 24.4 Å². The van der Waals surface area contributed by atoms with Crippen molar-refractivity contribution >= 4 is 11.4 Å². The zero-order valence-electron chi connectivity index (χ0n) is 10.9. The van der Waals surface area contributed by atoms with Gasteiger partial charge in [-0.1, -0.05) is 5.16 Å². The zero-order valence-corrected chi connectivity index (χ0v) is 10.9. The zero-order chi connectivity index (χ0) is 14.5. The van der Waals surface area contributed by atoms with Crippen LogP contribution in [-0.4, -0.2) is 28.8 Å². The van der Waals surface area contributed by atoms with Crippen molar-refractivity contribution in [3.63, 3.8) is 0 Å². The molecule has 0 radical (unpaired) electrons. The molecule has 20 heavy (non-hydrogen) atoms.